The molecule has 0 radical (unpaired) electrons. The predicted molar refractivity (Wildman–Crippen MR) is 76.1 cm³/mol. The van der Waals surface area contributed by atoms with Crippen LogP contribution >= 0.6 is 0 Å². The van der Waals surface area contributed by atoms with Crippen molar-refractivity contribution >= 4 is 17.5 Å². The molecule has 0 fully saturated rings. The van der Waals surface area contributed by atoms with Crippen molar-refractivity contribution in [3.05, 3.63) is 76.8 Å². The number of benzene rings is 2. The summed E-state index contributed by atoms with van der Waals surface area (Å²) in [4.78, 5) is 27.1. The number of rotatable bonds is 4. The number of esters is 1. The van der Waals surface area contributed by atoms with E-state index >= 15 is 0 Å². The summed E-state index contributed by atoms with van der Waals surface area (Å²) >= 11 is 0. The van der Waals surface area contributed by atoms with Crippen molar-refractivity contribution in [2.45, 2.75) is 0 Å². The highest BCUT2D eigenvalue weighted by molar-refractivity contribution is 6.42. The number of nitrogens with zero attached hydrogens (tertiary/aromatic N) is 2. The molecule has 0 spiro atoms. The summed E-state index contributed by atoms with van der Waals surface area (Å²) in [5.41, 5.74) is 9.69. The van der Waals surface area contributed by atoms with Gasteiger partial charge in [0.25, 0.3) is 0 Å². The van der Waals surface area contributed by atoms with Crippen molar-refractivity contribution in [3.63, 3.8) is 0 Å². The van der Waals surface area contributed by atoms with Gasteiger partial charge in [0.15, 0.2) is 5.78 Å². The number of carbonyl (C=O) groups is 2. The minimum absolute atomic E-state index is 0.223. The molecule has 0 amide bonds. The molecule has 2 aromatic rings. The predicted octanol–water partition coefficient (Wildman–Crippen LogP) is 2.11. The molecule has 0 aliphatic rings. The van der Waals surface area contributed by atoms with Crippen LogP contribution in [0, 0.1) is 0 Å². The largest absolute Gasteiger partial charge is 0.460 e. The van der Waals surface area contributed by atoms with E-state index in [0.29, 0.717) is 5.56 Å². The Kier molecular flexibility index (Phi) is 4.39. The van der Waals surface area contributed by atoms with E-state index in [9.17, 15) is 9.59 Å². The van der Waals surface area contributed by atoms with Crippen LogP contribution in [0.5, 0.6) is 0 Å². The van der Waals surface area contributed by atoms with Crippen molar-refractivity contribution in [2.24, 2.45) is 0 Å². The van der Waals surface area contributed by atoms with E-state index in [1.54, 1.807) is 48.5 Å². The van der Waals surface area contributed by atoms with Gasteiger partial charge in [-0.25, -0.2) is 4.79 Å². The number of hydrogen-bond donors (Lipinski definition) is 0. The van der Waals surface area contributed by atoms with Gasteiger partial charge < -0.3 is 10.3 Å². The van der Waals surface area contributed by atoms with Crippen LogP contribution < -0.4 is 0 Å². The minimum Gasteiger partial charge on any atom is -0.460 e. The summed E-state index contributed by atoms with van der Waals surface area (Å²) in [5.74, 6) is -1.08. The van der Waals surface area contributed by atoms with Crippen LogP contribution in [0.3, 0.4) is 0 Å². The van der Waals surface area contributed by atoms with E-state index < -0.39 is 5.97 Å². The Hall–Kier alpha value is -3.04. The van der Waals surface area contributed by atoms with Gasteiger partial charge in [-0.05, 0) is 6.07 Å². The lowest BCUT2D eigenvalue weighted by Gasteiger charge is -2.05. The topological polar surface area (TPSA) is 79.8 Å². The molecule has 0 aliphatic carbocycles. The maximum Gasteiger partial charge on any atom is 0.422 e. The molecule has 0 saturated heterocycles. The zero-order chi connectivity index (χ0) is 15.2. The van der Waals surface area contributed by atoms with Crippen molar-refractivity contribution in [3.8, 4) is 0 Å². The second kappa shape index (κ2) is 6.41. The first-order valence-corrected chi connectivity index (χ1v) is 6.18. The van der Waals surface area contributed by atoms with E-state index in [4.69, 9.17) is 5.53 Å². The Morgan fingerprint density at radius 3 is 2.10 bits per heavy atom. The van der Waals surface area contributed by atoms with Gasteiger partial charge in [0.2, 0.25) is 0 Å². The molecule has 0 N–H and O–H groups in total. The highest BCUT2D eigenvalue weighted by atomic mass is 16.5. The van der Waals surface area contributed by atoms with Gasteiger partial charge in [-0.15, -0.1) is 0 Å². The van der Waals surface area contributed by atoms with Crippen LogP contribution in [-0.4, -0.2) is 29.4 Å². The first-order chi connectivity index (χ1) is 10.2. The molecule has 0 atom stereocenters. The molecule has 2 rings (SSSR count). The lowest BCUT2D eigenvalue weighted by Crippen LogP contribution is -2.21. The lowest BCUT2D eigenvalue weighted by atomic mass is 9.96. The molecule has 5 heteroatoms. The van der Waals surface area contributed by atoms with Gasteiger partial charge in [-0.1, -0.05) is 48.5 Å². The Labute approximate surface area is 121 Å². The smallest absolute Gasteiger partial charge is 0.422 e. The van der Waals surface area contributed by atoms with Gasteiger partial charge in [-0.2, -0.15) is 4.79 Å². The normalized spacial score (nSPS) is 9.57. The minimum atomic E-state index is -0.814. The summed E-state index contributed by atoms with van der Waals surface area (Å²) in [6.45, 7) is 0. The van der Waals surface area contributed by atoms with Gasteiger partial charge >= 0.3 is 11.7 Å². The van der Waals surface area contributed by atoms with Crippen LogP contribution in [0.25, 0.3) is 5.53 Å². The molecule has 0 heterocycles. The number of hydrogen-bond acceptors (Lipinski definition) is 3. The highest BCUT2D eigenvalue weighted by Gasteiger charge is 2.28. The third kappa shape index (κ3) is 2.94. The molecule has 104 valence electrons. The van der Waals surface area contributed by atoms with Crippen LogP contribution in [0.1, 0.15) is 21.5 Å². The van der Waals surface area contributed by atoms with E-state index in [-0.39, 0.29) is 22.6 Å². The summed E-state index contributed by atoms with van der Waals surface area (Å²) in [5, 5.41) is 0. The third-order valence-corrected chi connectivity index (χ3v) is 2.94. The van der Waals surface area contributed by atoms with Gasteiger partial charge in [0, 0.05) is 11.1 Å². The van der Waals surface area contributed by atoms with E-state index in [0.717, 1.165) is 0 Å². The molecule has 0 aliphatic heterocycles. The van der Waals surface area contributed by atoms with Gasteiger partial charge in [0.1, 0.15) is 0 Å². The monoisotopic (exact) mass is 280 g/mol. The Morgan fingerprint density at radius 1 is 0.952 bits per heavy atom. The Morgan fingerprint density at radius 2 is 1.52 bits per heavy atom. The molecule has 21 heavy (non-hydrogen) atoms. The molecule has 5 nitrogen and oxygen atoms in total. The molecule has 2 aromatic carbocycles. The second-order valence-electron chi connectivity index (χ2n) is 4.18. The molecular weight excluding hydrogens is 268 g/mol. The number of ketones is 1. The average Bonchev–Trinajstić information content (AvgIpc) is 2.56. The second-order valence-corrected chi connectivity index (χ2v) is 4.18. The summed E-state index contributed by atoms with van der Waals surface area (Å²) in [7, 11) is 1.18. The highest BCUT2D eigenvalue weighted by Crippen LogP contribution is 2.15. The Balaban J connectivity index is 2.54. The number of methoxy groups -OCH3 is 1. The molecule has 0 bridgehead atoms. The van der Waals surface area contributed by atoms with Crippen molar-refractivity contribution in [1.29, 1.82) is 0 Å². The third-order valence-electron chi connectivity index (χ3n) is 2.94. The molecule has 0 aromatic heterocycles. The van der Waals surface area contributed by atoms with Crippen LogP contribution in [0.2, 0.25) is 0 Å². The molecule has 0 saturated carbocycles. The summed E-state index contributed by atoms with van der Waals surface area (Å²) in [6, 6.07) is 15.1. The lowest BCUT2D eigenvalue weighted by molar-refractivity contribution is -0.137. The number of ether oxygens (including phenoxy) is 1. The summed E-state index contributed by atoms with van der Waals surface area (Å²) in [6.07, 6.45) is 0. The molecular formula is C16H12N2O3. The zero-order valence-electron chi connectivity index (χ0n) is 11.3. The quantitative estimate of drug-likeness (QED) is 0.283. The van der Waals surface area contributed by atoms with Crippen LogP contribution in [-0.2, 0) is 9.53 Å². The maximum atomic E-state index is 12.5. The van der Waals surface area contributed by atoms with Crippen molar-refractivity contribution in [1.82, 2.24) is 0 Å². The fourth-order valence-electron chi connectivity index (χ4n) is 1.93. The SMILES string of the molecule is COC(=O)C(=[N+]=[N-])c1ccccc1C(=O)c1ccccc1. The van der Waals surface area contributed by atoms with E-state index in [2.05, 4.69) is 9.53 Å². The number of carbonyl (C=O) groups excluding carboxylic acids is 2. The fraction of sp³-hybridized carbons (Fsp3) is 0.0625. The van der Waals surface area contributed by atoms with Crippen LogP contribution in [0.4, 0.5) is 0 Å². The molecule has 0 unspecified atom stereocenters. The Bertz CT molecular complexity index is 732. The first-order valence-electron chi connectivity index (χ1n) is 6.18. The van der Waals surface area contributed by atoms with E-state index in [1.165, 1.54) is 13.2 Å². The first kappa shape index (κ1) is 14.4. The van der Waals surface area contributed by atoms with E-state index in [1.807, 2.05) is 0 Å². The maximum absolute atomic E-state index is 12.5. The fourth-order valence-corrected chi connectivity index (χ4v) is 1.93. The zero-order valence-corrected chi connectivity index (χ0v) is 11.3. The summed E-state index contributed by atoms with van der Waals surface area (Å²) < 4.78 is 4.56. The standard InChI is InChI=1S/C16H12N2O3/c1-21-16(20)14(18-17)12-9-5-6-10-13(12)15(19)11-7-3-2-4-8-11/h2-10H,1H3. The average molecular weight is 280 g/mol. The van der Waals surface area contributed by atoms with Gasteiger partial charge in [-0.3, -0.25) is 4.79 Å². The van der Waals surface area contributed by atoms with Crippen molar-refractivity contribution in [2.75, 3.05) is 7.11 Å². The van der Waals surface area contributed by atoms with Crippen LogP contribution in [0.15, 0.2) is 54.6 Å². The van der Waals surface area contributed by atoms with Crippen molar-refractivity contribution < 1.29 is 19.1 Å². The van der Waals surface area contributed by atoms with Gasteiger partial charge in [0.05, 0.1) is 12.7 Å².